The molecule has 2 amide bonds. The summed E-state index contributed by atoms with van der Waals surface area (Å²) in [6.07, 6.45) is 0. The van der Waals surface area contributed by atoms with Crippen molar-refractivity contribution in [3.05, 3.63) is 0 Å². The van der Waals surface area contributed by atoms with Crippen LogP contribution in [0.25, 0.3) is 0 Å². The van der Waals surface area contributed by atoms with E-state index in [0.29, 0.717) is 19.0 Å². The van der Waals surface area contributed by atoms with Gasteiger partial charge in [0, 0.05) is 46.3 Å². The number of amides is 2. The van der Waals surface area contributed by atoms with Crippen LogP contribution in [0.5, 0.6) is 0 Å². The minimum atomic E-state index is -0.864. The van der Waals surface area contributed by atoms with Gasteiger partial charge in [0.05, 0.1) is 12.1 Å². The first-order chi connectivity index (χ1) is 9.67. The van der Waals surface area contributed by atoms with E-state index in [-0.39, 0.29) is 6.03 Å². The Kier molecular flexibility index (Phi) is 6.90. The van der Waals surface area contributed by atoms with E-state index in [1.54, 1.807) is 20.9 Å². The molecule has 0 aromatic heterocycles. The van der Waals surface area contributed by atoms with Crippen molar-refractivity contribution in [3.63, 3.8) is 0 Å². The van der Waals surface area contributed by atoms with Crippen molar-refractivity contribution in [2.45, 2.75) is 26.4 Å². The summed E-state index contributed by atoms with van der Waals surface area (Å²) in [4.78, 5) is 18.3. The second-order valence-electron chi connectivity index (χ2n) is 7.06. The van der Waals surface area contributed by atoms with E-state index in [1.807, 2.05) is 0 Å². The highest BCUT2D eigenvalue weighted by atomic mass is 16.3. The maximum Gasteiger partial charge on any atom is 0.317 e. The lowest BCUT2D eigenvalue weighted by Crippen LogP contribution is -2.48. The molecule has 2 N–H and O–H groups in total. The predicted molar refractivity (Wildman–Crippen MR) is 85.4 cm³/mol. The number of piperazine rings is 1. The Bertz CT molecular complexity index is 322. The van der Waals surface area contributed by atoms with E-state index in [4.69, 9.17) is 0 Å². The lowest BCUT2D eigenvalue weighted by Gasteiger charge is -2.34. The highest BCUT2D eigenvalue weighted by molar-refractivity contribution is 5.73. The summed E-state index contributed by atoms with van der Waals surface area (Å²) in [6.45, 7) is 12.0. The summed E-state index contributed by atoms with van der Waals surface area (Å²) in [5.41, 5.74) is -0.864. The molecule has 0 aromatic carbocycles. The normalized spacial score (nSPS) is 19.3. The predicted octanol–water partition coefficient (Wildman–Crippen LogP) is 0.282. The van der Waals surface area contributed by atoms with Crippen LogP contribution in [-0.2, 0) is 0 Å². The highest BCUT2D eigenvalue weighted by Gasteiger charge is 2.20. The molecule has 1 fully saturated rings. The number of rotatable bonds is 6. The Morgan fingerprint density at radius 2 is 1.90 bits per heavy atom. The molecule has 124 valence electrons. The largest absolute Gasteiger partial charge is 0.389 e. The third-order valence-electron chi connectivity index (χ3n) is 3.74. The molecule has 1 aliphatic rings. The Morgan fingerprint density at radius 1 is 1.33 bits per heavy atom. The zero-order valence-corrected chi connectivity index (χ0v) is 14.2. The highest BCUT2D eigenvalue weighted by Crippen LogP contribution is 2.05. The van der Waals surface area contributed by atoms with Gasteiger partial charge in [0.25, 0.3) is 0 Å². The van der Waals surface area contributed by atoms with E-state index in [1.165, 1.54) is 4.90 Å². The zero-order valence-electron chi connectivity index (χ0n) is 14.2. The van der Waals surface area contributed by atoms with E-state index in [9.17, 15) is 9.90 Å². The first-order valence-electron chi connectivity index (χ1n) is 7.79. The second-order valence-corrected chi connectivity index (χ2v) is 7.06. The molecule has 0 radical (unpaired) electrons. The van der Waals surface area contributed by atoms with Gasteiger partial charge < -0.3 is 25.1 Å². The first-order valence-corrected chi connectivity index (χ1v) is 7.79. The number of nitrogens with one attached hydrogen (secondary N) is 1. The SMILES string of the molecule is CC(CNC(=O)N(C)CC(C)(C)O)CN1CCN(C)CC1. The fourth-order valence-electron chi connectivity index (χ4n) is 2.58. The van der Waals surface area contributed by atoms with E-state index in [2.05, 4.69) is 29.1 Å². The van der Waals surface area contributed by atoms with Crippen molar-refractivity contribution in [3.8, 4) is 0 Å². The summed E-state index contributed by atoms with van der Waals surface area (Å²) < 4.78 is 0. The Labute approximate surface area is 129 Å². The molecule has 1 aliphatic heterocycles. The van der Waals surface area contributed by atoms with Crippen molar-refractivity contribution in [2.24, 2.45) is 5.92 Å². The molecule has 1 saturated heterocycles. The second kappa shape index (κ2) is 7.96. The third kappa shape index (κ3) is 7.64. The number of hydrogen-bond acceptors (Lipinski definition) is 4. The third-order valence-corrected chi connectivity index (χ3v) is 3.74. The van der Waals surface area contributed by atoms with Crippen LogP contribution in [0, 0.1) is 5.92 Å². The van der Waals surface area contributed by atoms with Gasteiger partial charge in [-0.05, 0) is 26.8 Å². The van der Waals surface area contributed by atoms with Gasteiger partial charge in [-0.3, -0.25) is 0 Å². The molecule has 1 heterocycles. The minimum absolute atomic E-state index is 0.123. The topological polar surface area (TPSA) is 59.1 Å². The van der Waals surface area contributed by atoms with Crippen molar-refractivity contribution in [2.75, 3.05) is 59.9 Å². The van der Waals surface area contributed by atoms with Crippen LogP contribution in [0.15, 0.2) is 0 Å². The van der Waals surface area contributed by atoms with E-state index < -0.39 is 5.60 Å². The monoisotopic (exact) mass is 300 g/mol. The molecule has 6 heteroatoms. The maximum absolute atomic E-state index is 11.9. The van der Waals surface area contributed by atoms with E-state index >= 15 is 0 Å². The summed E-state index contributed by atoms with van der Waals surface area (Å²) in [5, 5.41) is 12.7. The fourth-order valence-corrected chi connectivity index (χ4v) is 2.58. The number of carbonyl (C=O) groups excluding carboxylic acids is 1. The minimum Gasteiger partial charge on any atom is -0.389 e. The van der Waals surface area contributed by atoms with Gasteiger partial charge in [-0.15, -0.1) is 0 Å². The van der Waals surface area contributed by atoms with Gasteiger partial charge in [0.1, 0.15) is 0 Å². The molecule has 21 heavy (non-hydrogen) atoms. The van der Waals surface area contributed by atoms with Gasteiger partial charge in [-0.1, -0.05) is 6.92 Å². The average Bonchev–Trinajstić information content (AvgIpc) is 2.36. The molecule has 0 aliphatic carbocycles. The van der Waals surface area contributed by atoms with Crippen LogP contribution < -0.4 is 5.32 Å². The van der Waals surface area contributed by atoms with Crippen molar-refractivity contribution < 1.29 is 9.90 Å². The van der Waals surface area contributed by atoms with Crippen LogP contribution in [0.1, 0.15) is 20.8 Å². The summed E-state index contributed by atoms with van der Waals surface area (Å²) >= 11 is 0. The standard InChI is InChI=1S/C15H32N4O2/c1-13(11-19-8-6-17(4)7-9-19)10-16-14(20)18(5)12-15(2,3)21/h13,21H,6-12H2,1-5H3,(H,16,20). The molecule has 1 unspecified atom stereocenters. The molecule has 6 nitrogen and oxygen atoms in total. The summed E-state index contributed by atoms with van der Waals surface area (Å²) in [7, 11) is 3.86. The fraction of sp³-hybridized carbons (Fsp3) is 0.933. The quantitative estimate of drug-likeness (QED) is 0.740. The lowest BCUT2D eigenvalue weighted by molar-refractivity contribution is 0.0530. The van der Waals surface area contributed by atoms with Crippen molar-refractivity contribution in [1.29, 1.82) is 0 Å². The summed E-state index contributed by atoms with van der Waals surface area (Å²) in [6, 6.07) is -0.123. The van der Waals surface area contributed by atoms with Gasteiger partial charge in [-0.25, -0.2) is 4.79 Å². The van der Waals surface area contributed by atoms with Crippen LogP contribution in [-0.4, -0.2) is 91.3 Å². The molecule has 0 saturated carbocycles. The molecule has 0 spiro atoms. The number of nitrogens with zero attached hydrogens (tertiary/aromatic N) is 3. The van der Waals surface area contributed by atoms with Crippen LogP contribution in [0.2, 0.25) is 0 Å². The van der Waals surface area contributed by atoms with Crippen LogP contribution in [0.3, 0.4) is 0 Å². The zero-order chi connectivity index (χ0) is 16.0. The van der Waals surface area contributed by atoms with Gasteiger partial charge in [0.2, 0.25) is 0 Å². The number of hydrogen-bond donors (Lipinski definition) is 2. The molecular weight excluding hydrogens is 268 g/mol. The molecule has 1 atom stereocenters. The van der Waals surface area contributed by atoms with Crippen LogP contribution >= 0.6 is 0 Å². The number of urea groups is 1. The maximum atomic E-state index is 11.9. The number of likely N-dealkylation sites (N-methyl/N-ethyl adjacent to an activating group) is 2. The van der Waals surface area contributed by atoms with E-state index in [0.717, 1.165) is 32.7 Å². The molecule has 0 aromatic rings. The van der Waals surface area contributed by atoms with Crippen molar-refractivity contribution >= 4 is 6.03 Å². The van der Waals surface area contributed by atoms with Gasteiger partial charge >= 0.3 is 6.03 Å². The van der Waals surface area contributed by atoms with Gasteiger partial charge in [0.15, 0.2) is 0 Å². The van der Waals surface area contributed by atoms with Crippen LogP contribution in [0.4, 0.5) is 4.79 Å². The Balaban J connectivity index is 2.23. The number of aliphatic hydroxyl groups is 1. The number of carbonyl (C=O) groups is 1. The van der Waals surface area contributed by atoms with Gasteiger partial charge in [-0.2, -0.15) is 0 Å². The lowest BCUT2D eigenvalue weighted by atomic mass is 10.1. The average molecular weight is 300 g/mol. The van der Waals surface area contributed by atoms with Crippen molar-refractivity contribution in [1.82, 2.24) is 20.0 Å². The smallest absolute Gasteiger partial charge is 0.317 e. The Hall–Kier alpha value is -0.850. The molecule has 0 bridgehead atoms. The molecule has 1 rings (SSSR count). The first kappa shape index (κ1) is 18.2. The molecular formula is C15H32N4O2. The Morgan fingerprint density at radius 3 is 2.43 bits per heavy atom. The summed E-state index contributed by atoms with van der Waals surface area (Å²) in [5.74, 6) is 0.424.